The number of esters is 1. The van der Waals surface area contributed by atoms with E-state index in [1.807, 2.05) is 0 Å². The van der Waals surface area contributed by atoms with E-state index in [-0.39, 0.29) is 28.0 Å². The van der Waals surface area contributed by atoms with Gasteiger partial charge in [0, 0.05) is 18.6 Å². The van der Waals surface area contributed by atoms with Crippen LogP contribution < -0.4 is 10.2 Å². The predicted molar refractivity (Wildman–Crippen MR) is 119 cm³/mol. The zero-order valence-corrected chi connectivity index (χ0v) is 18.6. The predicted octanol–water partition coefficient (Wildman–Crippen LogP) is 0.0319. The maximum absolute atomic E-state index is 12.7. The average Bonchev–Trinajstić information content (AvgIpc) is 2.83. The maximum atomic E-state index is 12.7. The van der Waals surface area contributed by atoms with Gasteiger partial charge in [-0.05, 0) is 24.3 Å². The number of phenols is 3. The summed E-state index contributed by atoms with van der Waals surface area (Å²) in [6, 6.07) is 5.44. The fourth-order valence-corrected chi connectivity index (χ4v) is 3.63. The first-order chi connectivity index (χ1) is 17.0. The summed E-state index contributed by atoms with van der Waals surface area (Å²) >= 11 is 0. The minimum atomic E-state index is -1.79. The zero-order valence-electron chi connectivity index (χ0n) is 18.6. The number of hydrogen-bond donors (Lipinski definition) is 7. The molecule has 192 valence electrons. The van der Waals surface area contributed by atoms with Crippen molar-refractivity contribution in [2.75, 3.05) is 6.61 Å². The lowest BCUT2D eigenvalue weighted by atomic mass is 9.99. The lowest BCUT2D eigenvalue weighted by Gasteiger charge is -2.39. The van der Waals surface area contributed by atoms with Crippen molar-refractivity contribution in [2.24, 2.45) is 0 Å². The Kier molecular flexibility index (Phi) is 6.65. The lowest BCUT2D eigenvalue weighted by molar-refractivity contribution is -0.278. The van der Waals surface area contributed by atoms with Crippen LogP contribution in [0.2, 0.25) is 0 Å². The van der Waals surface area contributed by atoms with Crippen LogP contribution in [0.1, 0.15) is 6.92 Å². The van der Waals surface area contributed by atoms with Crippen molar-refractivity contribution < 1.29 is 59.2 Å². The van der Waals surface area contributed by atoms with Crippen LogP contribution in [0, 0.1) is 0 Å². The fraction of sp³-hybridized carbons (Fsp3) is 0.304. The molecule has 0 saturated carbocycles. The number of phenolic OH excluding ortho intramolecular Hbond substituents is 3. The van der Waals surface area contributed by atoms with Gasteiger partial charge in [-0.15, -0.1) is 0 Å². The largest absolute Gasteiger partial charge is 0.504 e. The Hall–Kier alpha value is -4.04. The Morgan fingerprint density at radius 3 is 2.33 bits per heavy atom. The number of hydrogen-bond acceptors (Lipinski definition) is 13. The Bertz CT molecular complexity index is 1360. The number of ether oxygens (including phenoxy) is 3. The third-order valence-electron chi connectivity index (χ3n) is 5.55. The third-order valence-corrected chi connectivity index (χ3v) is 5.55. The molecule has 0 amide bonds. The number of aliphatic hydroxyl groups is 3. The molecule has 2 aromatic carbocycles. The van der Waals surface area contributed by atoms with E-state index in [9.17, 15) is 45.3 Å². The van der Waals surface area contributed by atoms with Gasteiger partial charge in [-0.2, -0.15) is 0 Å². The maximum Gasteiger partial charge on any atom is 0.302 e. The van der Waals surface area contributed by atoms with Gasteiger partial charge in [0.2, 0.25) is 17.5 Å². The Balaban J connectivity index is 1.70. The number of rotatable bonds is 5. The van der Waals surface area contributed by atoms with Gasteiger partial charge in [0.15, 0.2) is 28.8 Å². The molecule has 1 saturated heterocycles. The highest BCUT2D eigenvalue weighted by Crippen LogP contribution is 2.38. The standard InChI is InChI=1S/C23H22O13/c1-8(24)33-7-16-18(29)19(30)21(32)23(36-16)35-15-6-14-10(5-13(15)27)17(28)20(31)22(34-14)9-2-3-11(25)12(26)4-9/h2-6,16,18-19,21,23,25-27,29-32H,7H2,1H3/t16-,18-,19+,21-,23-/m1/s1. The van der Waals surface area contributed by atoms with Crippen LogP contribution in [0.5, 0.6) is 28.7 Å². The first-order valence-corrected chi connectivity index (χ1v) is 10.5. The van der Waals surface area contributed by atoms with Crippen LogP contribution in [-0.4, -0.2) is 79.0 Å². The highest BCUT2D eigenvalue weighted by molar-refractivity contribution is 5.85. The quantitative estimate of drug-likeness (QED) is 0.180. The van der Waals surface area contributed by atoms with Gasteiger partial charge in [-0.3, -0.25) is 9.59 Å². The van der Waals surface area contributed by atoms with Crippen molar-refractivity contribution in [3.63, 3.8) is 0 Å². The van der Waals surface area contributed by atoms with E-state index in [0.717, 1.165) is 31.2 Å². The van der Waals surface area contributed by atoms with E-state index in [4.69, 9.17) is 18.6 Å². The summed E-state index contributed by atoms with van der Waals surface area (Å²) in [5, 5.41) is 70.3. The summed E-state index contributed by atoms with van der Waals surface area (Å²) in [4.78, 5) is 23.8. The Morgan fingerprint density at radius 1 is 0.944 bits per heavy atom. The van der Waals surface area contributed by atoms with Gasteiger partial charge >= 0.3 is 5.97 Å². The Morgan fingerprint density at radius 2 is 1.67 bits per heavy atom. The van der Waals surface area contributed by atoms with Crippen molar-refractivity contribution in [3.05, 3.63) is 40.6 Å². The van der Waals surface area contributed by atoms with Crippen LogP contribution in [-0.2, 0) is 14.3 Å². The normalized spacial score (nSPS) is 23.9. The molecular formula is C23H22O13. The number of carbonyl (C=O) groups is 1. The molecule has 0 unspecified atom stereocenters. The molecule has 1 aliphatic heterocycles. The van der Waals surface area contributed by atoms with Crippen LogP contribution in [0.4, 0.5) is 0 Å². The minimum absolute atomic E-state index is 0.0498. The first-order valence-electron chi connectivity index (χ1n) is 10.5. The van der Waals surface area contributed by atoms with Crippen molar-refractivity contribution in [3.8, 4) is 40.1 Å². The van der Waals surface area contributed by atoms with Crippen LogP contribution in [0.25, 0.3) is 22.3 Å². The van der Waals surface area contributed by atoms with E-state index in [2.05, 4.69) is 0 Å². The van der Waals surface area contributed by atoms with Gasteiger partial charge in [0.05, 0.1) is 5.39 Å². The summed E-state index contributed by atoms with van der Waals surface area (Å²) in [7, 11) is 0. The SMILES string of the molecule is CC(=O)OC[C@H]1O[C@@H](Oc2cc3oc(-c4ccc(O)c(O)c4)c(O)c(=O)c3cc2O)[C@H](O)[C@@H](O)[C@@H]1O. The van der Waals surface area contributed by atoms with Crippen molar-refractivity contribution in [2.45, 2.75) is 37.6 Å². The number of carbonyl (C=O) groups excluding carboxylic acids is 1. The van der Waals surface area contributed by atoms with E-state index >= 15 is 0 Å². The van der Waals surface area contributed by atoms with E-state index < -0.39 is 71.7 Å². The Labute approximate surface area is 201 Å². The number of fused-ring (bicyclic) bond motifs is 1. The molecule has 5 atom stereocenters. The molecule has 3 aromatic rings. The fourth-order valence-electron chi connectivity index (χ4n) is 3.63. The van der Waals surface area contributed by atoms with Crippen LogP contribution >= 0.6 is 0 Å². The lowest BCUT2D eigenvalue weighted by Crippen LogP contribution is -2.60. The molecule has 7 N–H and O–H groups in total. The number of aliphatic hydroxyl groups excluding tert-OH is 3. The van der Waals surface area contributed by atoms with E-state index in [1.165, 1.54) is 6.07 Å². The monoisotopic (exact) mass is 506 g/mol. The zero-order chi connectivity index (χ0) is 26.3. The molecule has 1 aromatic heterocycles. The number of aromatic hydroxyl groups is 4. The highest BCUT2D eigenvalue weighted by Gasteiger charge is 2.45. The molecule has 13 heteroatoms. The van der Waals surface area contributed by atoms with Crippen molar-refractivity contribution in [1.82, 2.24) is 0 Å². The second-order valence-corrected chi connectivity index (χ2v) is 8.06. The van der Waals surface area contributed by atoms with Crippen LogP contribution in [0.3, 0.4) is 0 Å². The van der Waals surface area contributed by atoms with E-state index in [0.29, 0.717) is 0 Å². The van der Waals surface area contributed by atoms with Crippen LogP contribution in [0.15, 0.2) is 39.5 Å². The highest BCUT2D eigenvalue weighted by atomic mass is 16.7. The summed E-state index contributed by atoms with van der Waals surface area (Å²) in [5.74, 6) is -3.80. The smallest absolute Gasteiger partial charge is 0.302 e. The van der Waals surface area contributed by atoms with Gasteiger partial charge in [-0.1, -0.05) is 0 Å². The average molecular weight is 506 g/mol. The molecule has 2 heterocycles. The summed E-state index contributed by atoms with van der Waals surface area (Å²) < 4.78 is 21.3. The molecule has 36 heavy (non-hydrogen) atoms. The molecule has 0 aliphatic carbocycles. The summed E-state index contributed by atoms with van der Waals surface area (Å²) in [6.07, 6.45) is -8.08. The summed E-state index contributed by atoms with van der Waals surface area (Å²) in [5.41, 5.74) is -1.06. The molecule has 0 radical (unpaired) electrons. The molecule has 13 nitrogen and oxygen atoms in total. The van der Waals surface area contributed by atoms with E-state index in [1.54, 1.807) is 0 Å². The minimum Gasteiger partial charge on any atom is -0.504 e. The topological polar surface area (TPSA) is 217 Å². The second kappa shape index (κ2) is 9.54. The third kappa shape index (κ3) is 4.59. The second-order valence-electron chi connectivity index (χ2n) is 8.06. The molecule has 1 fully saturated rings. The number of benzene rings is 2. The van der Waals surface area contributed by atoms with Crippen molar-refractivity contribution >= 4 is 16.9 Å². The van der Waals surface area contributed by atoms with Gasteiger partial charge in [-0.25, -0.2) is 0 Å². The first kappa shape index (κ1) is 25.1. The molecule has 0 spiro atoms. The van der Waals surface area contributed by atoms with Gasteiger partial charge in [0.1, 0.15) is 36.6 Å². The van der Waals surface area contributed by atoms with Gasteiger partial charge in [0.25, 0.3) is 0 Å². The molecule has 4 rings (SSSR count). The molecule has 0 bridgehead atoms. The summed E-state index contributed by atoms with van der Waals surface area (Å²) in [6.45, 7) is 0.668. The molecular weight excluding hydrogens is 484 g/mol. The van der Waals surface area contributed by atoms with Crippen molar-refractivity contribution in [1.29, 1.82) is 0 Å². The molecule has 1 aliphatic rings. The van der Waals surface area contributed by atoms with Gasteiger partial charge < -0.3 is 54.4 Å².